The molecule has 2 aromatic heterocycles. The molecular formula is C17H27IN6O. The predicted molar refractivity (Wildman–Crippen MR) is 110 cm³/mol. The van der Waals surface area contributed by atoms with Gasteiger partial charge in [0, 0.05) is 31.5 Å². The summed E-state index contributed by atoms with van der Waals surface area (Å²) in [4.78, 5) is 8.92. The van der Waals surface area contributed by atoms with Crippen molar-refractivity contribution in [1.82, 2.24) is 25.4 Å². The van der Waals surface area contributed by atoms with E-state index in [1.54, 1.807) is 12.4 Å². The third-order valence-electron chi connectivity index (χ3n) is 3.40. The van der Waals surface area contributed by atoms with Crippen molar-refractivity contribution in [1.29, 1.82) is 0 Å². The number of hydrogen-bond acceptors (Lipinski definition) is 4. The number of pyridine rings is 1. The molecule has 0 aliphatic carbocycles. The van der Waals surface area contributed by atoms with Crippen molar-refractivity contribution < 1.29 is 4.74 Å². The Balaban J connectivity index is 0.00000312. The summed E-state index contributed by atoms with van der Waals surface area (Å²) in [7, 11) is 1.92. The van der Waals surface area contributed by atoms with Crippen LogP contribution >= 0.6 is 24.0 Å². The van der Waals surface area contributed by atoms with Gasteiger partial charge in [-0.25, -0.2) is 9.98 Å². The molecule has 8 heteroatoms. The van der Waals surface area contributed by atoms with Gasteiger partial charge in [-0.05, 0) is 25.5 Å². The van der Waals surface area contributed by atoms with E-state index >= 15 is 0 Å². The number of ether oxygens (including phenoxy) is 1. The number of hydrogen-bond donors (Lipinski definition) is 2. The van der Waals surface area contributed by atoms with Crippen LogP contribution in [-0.2, 0) is 20.1 Å². The SMILES string of the molecule is CCCOc1ncccc1CN=C(NCC)NCc1ccnn1C.I. The summed E-state index contributed by atoms with van der Waals surface area (Å²) in [5, 5.41) is 10.7. The largest absolute Gasteiger partial charge is 0.477 e. The topological polar surface area (TPSA) is 76.4 Å². The molecule has 2 aromatic rings. The molecule has 0 aliphatic rings. The highest BCUT2D eigenvalue weighted by Gasteiger charge is 2.05. The van der Waals surface area contributed by atoms with Crippen LogP contribution in [0, 0.1) is 0 Å². The van der Waals surface area contributed by atoms with Crippen LogP contribution in [0.1, 0.15) is 31.5 Å². The van der Waals surface area contributed by atoms with Gasteiger partial charge in [0.2, 0.25) is 5.88 Å². The molecular weight excluding hydrogens is 431 g/mol. The molecule has 0 bridgehead atoms. The molecule has 0 aromatic carbocycles. The lowest BCUT2D eigenvalue weighted by Gasteiger charge is -2.12. The van der Waals surface area contributed by atoms with Gasteiger partial charge in [0.1, 0.15) is 0 Å². The summed E-state index contributed by atoms with van der Waals surface area (Å²) in [6, 6.07) is 5.88. The van der Waals surface area contributed by atoms with Gasteiger partial charge in [-0.3, -0.25) is 4.68 Å². The Kier molecular flexibility index (Phi) is 9.90. The van der Waals surface area contributed by atoms with Crippen LogP contribution in [0.3, 0.4) is 0 Å². The van der Waals surface area contributed by atoms with E-state index in [1.807, 2.05) is 36.9 Å². The van der Waals surface area contributed by atoms with E-state index in [0.717, 1.165) is 30.2 Å². The first-order valence-corrected chi connectivity index (χ1v) is 8.30. The van der Waals surface area contributed by atoms with E-state index in [4.69, 9.17) is 4.74 Å². The molecule has 0 aliphatic heterocycles. The van der Waals surface area contributed by atoms with E-state index < -0.39 is 0 Å². The van der Waals surface area contributed by atoms with E-state index in [9.17, 15) is 0 Å². The second-order valence-corrected chi connectivity index (χ2v) is 5.31. The van der Waals surface area contributed by atoms with E-state index in [-0.39, 0.29) is 24.0 Å². The summed E-state index contributed by atoms with van der Waals surface area (Å²) < 4.78 is 7.52. The zero-order chi connectivity index (χ0) is 17.2. The van der Waals surface area contributed by atoms with Crippen molar-refractivity contribution in [2.75, 3.05) is 13.2 Å². The summed E-state index contributed by atoms with van der Waals surface area (Å²) in [6.45, 7) is 6.74. The minimum atomic E-state index is 0. The Morgan fingerprint density at radius 3 is 2.76 bits per heavy atom. The van der Waals surface area contributed by atoms with Gasteiger partial charge >= 0.3 is 0 Å². The minimum absolute atomic E-state index is 0. The second-order valence-electron chi connectivity index (χ2n) is 5.31. The molecule has 25 heavy (non-hydrogen) atoms. The van der Waals surface area contributed by atoms with Crippen LogP contribution in [0.2, 0.25) is 0 Å². The molecule has 2 rings (SSSR count). The lowest BCUT2D eigenvalue weighted by Crippen LogP contribution is -2.37. The first-order valence-electron chi connectivity index (χ1n) is 8.30. The van der Waals surface area contributed by atoms with Crippen LogP contribution in [0.5, 0.6) is 5.88 Å². The van der Waals surface area contributed by atoms with Gasteiger partial charge in [-0.2, -0.15) is 5.10 Å². The molecule has 0 atom stereocenters. The van der Waals surface area contributed by atoms with E-state index in [0.29, 0.717) is 25.6 Å². The van der Waals surface area contributed by atoms with Gasteiger partial charge in [0.05, 0.1) is 25.4 Å². The number of aryl methyl sites for hydroxylation is 1. The number of guanidine groups is 1. The smallest absolute Gasteiger partial charge is 0.218 e. The molecule has 0 saturated carbocycles. The maximum Gasteiger partial charge on any atom is 0.218 e. The molecule has 0 saturated heterocycles. The molecule has 0 unspecified atom stereocenters. The molecule has 2 heterocycles. The molecule has 138 valence electrons. The van der Waals surface area contributed by atoms with Gasteiger partial charge in [0.25, 0.3) is 0 Å². The summed E-state index contributed by atoms with van der Waals surface area (Å²) in [5.41, 5.74) is 2.07. The minimum Gasteiger partial charge on any atom is -0.477 e. The van der Waals surface area contributed by atoms with Crippen molar-refractivity contribution in [2.24, 2.45) is 12.0 Å². The number of nitrogens with zero attached hydrogens (tertiary/aromatic N) is 4. The average Bonchev–Trinajstić information content (AvgIpc) is 3.01. The maximum atomic E-state index is 5.68. The van der Waals surface area contributed by atoms with E-state index in [1.165, 1.54) is 0 Å². The van der Waals surface area contributed by atoms with E-state index in [2.05, 4.69) is 32.6 Å². The third kappa shape index (κ3) is 6.89. The highest BCUT2D eigenvalue weighted by Crippen LogP contribution is 2.15. The fourth-order valence-electron chi connectivity index (χ4n) is 2.13. The zero-order valence-corrected chi connectivity index (χ0v) is 17.4. The monoisotopic (exact) mass is 458 g/mol. The number of aliphatic imine (C=N–C) groups is 1. The standard InChI is InChI=1S/C17H26N6O.HI/c1-4-11-24-16-14(7-6-9-19-16)12-20-17(18-5-2)21-13-15-8-10-22-23(15)3;/h6-10H,4-5,11-13H2,1-3H3,(H2,18,20,21);1H. The molecule has 7 nitrogen and oxygen atoms in total. The van der Waals surface area contributed by atoms with Crippen molar-refractivity contribution in [3.8, 4) is 5.88 Å². The van der Waals surface area contributed by atoms with Crippen LogP contribution in [0.15, 0.2) is 35.6 Å². The van der Waals surface area contributed by atoms with Crippen LogP contribution in [-0.4, -0.2) is 33.9 Å². The summed E-state index contributed by atoms with van der Waals surface area (Å²) >= 11 is 0. The Labute approximate surface area is 166 Å². The van der Waals surface area contributed by atoms with Crippen molar-refractivity contribution in [3.63, 3.8) is 0 Å². The van der Waals surface area contributed by atoms with Crippen LogP contribution in [0.4, 0.5) is 0 Å². The average molecular weight is 458 g/mol. The molecule has 0 radical (unpaired) electrons. The summed E-state index contributed by atoms with van der Waals surface area (Å²) in [6.07, 6.45) is 4.48. The van der Waals surface area contributed by atoms with Crippen molar-refractivity contribution in [2.45, 2.75) is 33.4 Å². The number of aromatic nitrogens is 3. The Hall–Kier alpha value is -1.84. The molecule has 2 N–H and O–H groups in total. The Morgan fingerprint density at radius 2 is 2.08 bits per heavy atom. The van der Waals surface area contributed by atoms with Gasteiger partial charge in [-0.15, -0.1) is 24.0 Å². The number of nitrogens with one attached hydrogen (secondary N) is 2. The van der Waals surface area contributed by atoms with Gasteiger partial charge in [0.15, 0.2) is 5.96 Å². The summed E-state index contributed by atoms with van der Waals surface area (Å²) in [5.74, 6) is 1.41. The van der Waals surface area contributed by atoms with Gasteiger partial charge < -0.3 is 15.4 Å². The van der Waals surface area contributed by atoms with Crippen LogP contribution in [0.25, 0.3) is 0 Å². The third-order valence-corrected chi connectivity index (χ3v) is 3.40. The second kappa shape index (κ2) is 11.7. The fraction of sp³-hybridized carbons (Fsp3) is 0.471. The van der Waals surface area contributed by atoms with Crippen LogP contribution < -0.4 is 15.4 Å². The predicted octanol–water partition coefficient (Wildman–Crippen LogP) is 2.48. The first kappa shape index (κ1) is 21.2. The van der Waals surface area contributed by atoms with Crippen molar-refractivity contribution in [3.05, 3.63) is 41.9 Å². The Morgan fingerprint density at radius 1 is 1.24 bits per heavy atom. The molecule has 0 fully saturated rings. The van der Waals surface area contributed by atoms with Gasteiger partial charge in [-0.1, -0.05) is 13.0 Å². The van der Waals surface area contributed by atoms with Crippen molar-refractivity contribution >= 4 is 29.9 Å². The normalized spacial score (nSPS) is 10.9. The Bertz CT molecular complexity index is 658. The lowest BCUT2D eigenvalue weighted by atomic mass is 10.3. The molecule has 0 amide bonds. The quantitative estimate of drug-likeness (QED) is 0.361. The lowest BCUT2D eigenvalue weighted by molar-refractivity contribution is 0.302. The number of halogens is 1. The molecule has 0 spiro atoms. The zero-order valence-electron chi connectivity index (χ0n) is 15.0. The fourth-order valence-corrected chi connectivity index (χ4v) is 2.13. The maximum absolute atomic E-state index is 5.68. The first-order chi connectivity index (χ1) is 11.7. The number of rotatable bonds is 8. The highest BCUT2D eigenvalue weighted by molar-refractivity contribution is 14.0. The highest BCUT2D eigenvalue weighted by atomic mass is 127.